The van der Waals surface area contributed by atoms with E-state index in [9.17, 15) is 0 Å². The van der Waals surface area contributed by atoms with Gasteiger partial charge in [-0.1, -0.05) is 67.3 Å². The van der Waals surface area contributed by atoms with Gasteiger partial charge in [0.05, 0.1) is 0 Å². The fraction of sp³-hybridized carbons (Fsp3) is 0.190. The maximum atomic E-state index is 8.35. The molecule has 0 aliphatic heterocycles. The first-order valence-corrected chi connectivity index (χ1v) is 23.9. The van der Waals surface area contributed by atoms with Crippen LogP contribution >= 0.6 is 11.3 Å². The molecule has 5 heteroatoms. The van der Waals surface area contributed by atoms with Gasteiger partial charge in [0, 0.05) is 32.4 Å². The minimum atomic E-state index is -1.72. The predicted molar refractivity (Wildman–Crippen MR) is 202 cm³/mol. The Hall–Kier alpha value is -3.41. The Morgan fingerprint density at radius 1 is 0.766 bits per heavy atom. The Morgan fingerprint density at radius 3 is 2.19 bits per heavy atom. The van der Waals surface area contributed by atoms with E-state index in [0.29, 0.717) is 0 Å². The van der Waals surface area contributed by atoms with Crippen molar-refractivity contribution in [2.24, 2.45) is 0 Å². The van der Waals surface area contributed by atoms with Crippen LogP contribution in [-0.4, -0.2) is 23.2 Å². The fourth-order valence-corrected chi connectivity index (χ4v) is 9.12. The summed E-state index contributed by atoms with van der Waals surface area (Å²) in [5.41, 5.74) is 10.1. The van der Waals surface area contributed by atoms with Gasteiger partial charge in [-0.2, -0.15) is 11.3 Å². The molecular weight excluding hydrogens is 829 g/mol. The molecule has 7 aromatic rings. The summed E-state index contributed by atoms with van der Waals surface area (Å²) in [6, 6.07) is 40.3. The topological polar surface area (TPSA) is 25.8 Å². The molecule has 47 heavy (non-hydrogen) atoms. The molecule has 0 unspecified atom stereocenters. The molecule has 0 aliphatic carbocycles. The summed E-state index contributed by atoms with van der Waals surface area (Å²) in [6.07, 6.45) is 3.83. The number of pyridine rings is 2. The van der Waals surface area contributed by atoms with Crippen LogP contribution in [0.25, 0.3) is 53.8 Å². The fourth-order valence-electron chi connectivity index (χ4n) is 5.76. The summed E-state index contributed by atoms with van der Waals surface area (Å²) in [7, 11) is 0. The van der Waals surface area contributed by atoms with Gasteiger partial charge in [0.1, 0.15) is 0 Å². The van der Waals surface area contributed by atoms with Gasteiger partial charge in [-0.05, 0) is 63.8 Å². The van der Waals surface area contributed by atoms with E-state index in [1.807, 2.05) is 67.8 Å². The van der Waals surface area contributed by atoms with Crippen molar-refractivity contribution in [3.63, 3.8) is 0 Å². The van der Waals surface area contributed by atoms with Gasteiger partial charge in [-0.15, -0.1) is 23.8 Å². The zero-order chi connectivity index (χ0) is 33.3. The summed E-state index contributed by atoms with van der Waals surface area (Å²) in [5.74, 6) is 6.49. The molecule has 3 heterocycles. The number of aryl methyl sites for hydroxylation is 2. The Labute approximate surface area is 301 Å². The molecule has 239 valence electrons. The zero-order valence-corrected chi connectivity index (χ0v) is 33.3. The first-order chi connectivity index (χ1) is 22.4. The van der Waals surface area contributed by atoms with Crippen molar-refractivity contribution < 1.29 is 21.5 Å². The van der Waals surface area contributed by atoms with Gasteiger partial charge in [0.15, 0.2) is 0 Å². The first-order valence-electron chi connectivity index (χ1n) is 16.2. The Balaban J connectivity index is 0.000000224. The number of rotatable bonds is 5. The third-order valence-corrected chi connectivity index (χ3v) is 13.9. The molecule has 4 aromatic carbocycles. The van der Waals surface area contributed by atoms with Gasteiger partial charge in [0.25, 0.3) is 0 Å². The molecule has 1 radical (unpaired) electrons. The number of benzene rings is 4. The minimum Gasteiger partial charge on any atom is 0 e. The van der Waals surface area contributed by atoms with Gasteiger partial charge < -0.3 is 4.98 Å². The predicted octanol–water partition coefficient (Wildman–Crippen LogP) is 11.4. The SMILES string of the molecule is [2H]C(C)(C)c1ccnc(-c2[c-]cc3sc4c(-c5c(C)cccc5C)cccc4c3c2)c1.[CH3][Ge]([CH3])([CH3])[c]1ccc(-c2[c-]cccc2)nc1.[Ir]. The standard InChI is InChI=1S/C28H24NS.C14H16GeN.Ir/c1-17(2)20-13-14-29-25(16-20)21-11-12-26-24(15-21)22-9-6-10-23(28(22)30-26)27-18(3)7-5-8-19(27)4;1-15(2,3)13-9-10-14(16-11-13)12-7-5-4-6-8-12;/h5-10,12-17H,1-4H3;4-7,9-11H,1-3H3;/q2*-1;/i17D;;. The van der Waals surface area contributed by atoms with Crippen LogP contribution in [0.15, 0.2) is 109 Å². The van der Waals surface area contributed by atoms with Crippen LogP contribution in [0.4, 0.5) is 0 Å². The molecule has 2 nitrogen and oxygen atoms in total. The third kappa shape index (κ3) is 7.68. The second-order valence-corrected chi connectivity index (χ2v) is 24.8. The van der Waals surface area contributed by atoms with Crippen LogP contribution in [0.1, 0.15) is 37.8 Å². The minimum absolute atomic E-state index is 0. The molecule has 0 saturated heterocycles. The quantitative estimate of drug-likeness (QED) is 0.127. The number of aromatic nitrogens is 2. The van der Waals surface area contributed by atoms with Crippen LogP contribution in [0.3, 0.4) is 0 Å². The summed E-state index contributed by atoms with van der Waals surface area (Å²) in [5, 5.41) is 2.51. The number of nitrogens with zero attached hydrogens (tertiary/aromatic N) is 2. The van der Waals surface area contributed by atoms with Crippen LogP contribution in [0.5, 0.6) is 0 Å². The Kier molecular flexibility index (Phi) is 10.5. The molecule has 0 spiro atoms. The summed E-state index contributed by atoms with van der Waals surface area (Å²) < 4.78 is 12.3. The summed E-state index contributed by atoms with van der Waals surface area (Å²) in [4.78, 5) is 9.10. The molecule has 0 amide bonds. The van der Waals surface area contributed by atoms with Crippen molar-refractivity contribution in [1.29, 1.82) is 0 Å². The van der Waals surface area contributed by atoms with E-state index in [1.165, 1.54) is 46.8 Å². The molecule has 0 aliphatic rings. The Morgan fingerprint density at radius 2 is 1.53 bits per heavy atom. The van der Waals surface area contributed by atoms with E-state index in [4.69, 9.17) is 1.37 Å². The van der Waals surface area contributed by atoms with Crippen molar-refractivity contribution in [2.75, 3.05) is 0 Å². The molecule has 0 fully saturated rings. The molecule has 0 atom stereocenters. The van der Waals surface area contributed by atoms with Crippen LogP contribution in [-0.2, 0) is 20.1 Å². The Bertz CT molecular complexity index is 2160. The van der Waals surface area contributed by atoms with Gasteiger partial charge in [-0.3, -0.25) is 0 Å². The normalized spacial score (nSPS) is 11.9. The molecule has 7 rings (SSSR count). The largest absolute Gasteiger partial charge is 0 e. The maximum Gasteiger partial charge on any atom is 0 e. The van der Waals surface area contributed by atoms with Crippen molar-refractivity contribution in [3.8, 4) is 33.6 Å². The average Bonchev–Trinajstić information content (AvgIpc) is 3.44. The van der Waals surface area contributed by atoms with Crippen LogP contribution in [0.2, 0.25) is 17.3 Å². The smallest absolute Gasteiger partial charge is 0 e. The van der Waals surface area contributed by atoms with E-state index in [-0.39, 0.29) is 20.1 Å². The van der Waals surface area contributed by atoms with E-state index >= 15 is 0 Å². The second-order valence-electron chi connectivity index (χ2n) is 13.1. The molecule has 0 N–H and O–H groups in total. The van der Waals surface area contributed by atoms with E-state index in [2.05, 4.69) is 114 Å². The van der Waals surface area contributed by atoms with E-state index < -0.39 is 19.2 Å². The van der Waals surface area contributed by atoms with Crippen molar-refractivity contribution in [3.05, 3.63) is 138 Å². The first kappa shape index (κ1) is 33.5. The molecule has 0 bridgehead atoms. The average molecular weight is 871 g/mol. The second kappa shape index (κ2) is 14.8. The summed E-state index contributed by atoms with van der Waals surface area (Å²) in [6.45, 7) is 8.18. The maximum absolute atomic E-state index is 8.35. The number of hydrogen-bond donors (Lipinski definition) is 0. The van der Waals surface area contributed by atoms with Crippen molar-refractivity contribution >= 4 is 49.2 Å². The van der Waals surface area contributed by atoms with Crippen molar-refractivity contribution in [2.45, 2.75) is 50.9 Å². The zero-order valence-electron chi connectivity index (χ0n) is 29.0. The third-order valence-electron chi connectivity index (χ3n) is 8.41. The number of thiophene rings is 1. The van der Waals surface area contributed by atoms with Gasteiger partial charge in [0.2, 0.25) is 0 Å². The van der Waals surface area contributed by atoms with E-state index in [0.717, 1.165) is 28.1 Å². The van der Waals surface area contributed by atoms with Gasteiger partial charge >= 0.3 is 99.8 Å². The summed E-state index contributed by atoms with van der Waals surface area (Å²) >= 11 is 0.114. The number of fused-ring (bicyclic) bond motifs is 3. The molecule has 0 saturated carbocycles. The molecule has 3 aromatic heterocycles. The van der Waals surface area contributed by atoms with Crippen molar-refractivity contribution in [1.82, 2.24) is 9.97 Å². The molecular formula is C42H40GeIrN2S-2. The van der Waals surface area contributed by atoms with Gasteiger partial charge in [-0.25, -0.2) is 0 Å². The van der Waals surface area contributed by atoms with Crippen LogP contribution in [0, 0.1) is 26.0 Å². The van der Waals surface area contributed by atoms with E-state index in [1.54, 1.807) is 6.20 Å². The monoisotopic (exact) mass is 872 g/mol. The van der Waals surface area contributed by atoms with Crippen LogP contribution < -0.4 is 4.40 Å². The number of hydrogen-bond acceptors (Lipinski definition) is 3.